The Labute approximate surface area is 274 Å². The predicted molar refractivity (Wildman–Crippen MR) is 182 cm³/mol. The van der Waals surface area contributed by atoms with E-state index in [-0.39, 0.29) is 24.6 Å². The minimum Gasteiger partial charge on any atom is -0.488 e. The lowest BCUT2D eigenvalue weighted by Gasteiger charge is -2.25. The van der Waals surface area contributed by atoms with Crippen molar-refractivity contribution in [3.05, 3.63) is 175 Å². The van der Waals surface area contributed by atoms with Gasteiger partial charge in [-0.25, -0.2) is 14.2 Å². The lowest BCUT2D eigenvalue weighted by atomic mass is 9.93. The Morgan fingerprint density at radius 3 is 2.36 bits per heavy atom. The Hall–Kier alpha value is -5.60. The number of carbonyl (C=O) groups excluding carboxylic acids is 1. The summed E-state index contributed by atoms with van der Waals surface area (Å²) >= 11 is 1.24. The molecule has 0 unspecified atom stereocenters. The Balaban J connectivity index is 1.46. The maximum atomic E-state index is 14.5. The Kier molecular flexibility index (Phi) is 8.33. The van der Waals surface area contributed by atoms with Gasteiger partial charge in [0.2, 0.25) is 0 Å². The number of aromatic nitrogens is 1. The zero-order chi connectivity index (χ0) is 32.3. The highest BCUT2D eigenvalue weighted by atomic mass is 32.1. The van der Waals surface area contributed by atoms with Crippen LogP contribution in [-0.2, 0) is 16.1 Å². The van der Waals surface area contributed by atoms with Gasteiger partial charge in [0, 0.05) is 16.7 Å². The number of benzene rings is 5. The molecule has 6 aromatic rings. The van der Waals surface area contributed by atoms with Crippen molar-refractivity contribution < 1.29 is 18.7 Å². The van der Waals surface area contributed by atoms with E-state index >= 15 is 0 Å². The fourth-order valence-corrected chi connectivity index (χ4v) is 6.83. The number of hydrogen-bond acceptors (Lipinski definition) is 6. The highest BCUT2D eigenvalue weighted by Crippen LogP contribution is 2.35. The molecule has 8 heteroatoms. The van der Waals surface area contributed by atoms with Gasteiger partial charge in [-0.3, -0.25) is 9.36 Å². The minimum atomic E-state index is -0.770. The van der Waals surface area contributed by atoms with E-state index in [9.17, 15) is 14.0 Å². The van der Waals surface area contributed by atoms with Gasteiger partial charge >= 0.3 is 5.97 Å². The minimum absolute atomic E-state index is 0.0183. The van der Waals surface area contributed by atoms with E-state index < -0.39 is 12.0 Å². The summed E-state index contributed by atoms with van der Waals surface area (Å²) in [6.07, 6.45) is 1.81. The topological polar surface area (TPSA) is 69.9 Å². The van der Waals surface area contributed by atoms with Gasteiger partial charge in [-0.1, -0.05) is 121 Å². The fraction of sp³-hybridized carbons (Fsp3) is 0.103. The fourth-order valence-electron chi connectivity index (χ4n) is 5.84. The Morgan fingerprint density at radius 1 is 0.894 bits per heavy atom. The molecular weight excluding hydrogens is 612 g/mol. The molecule has 0 saturated heterocycles. The van der Waals surface area contributed by atoms with Crippen molar-refractivity contribution in [2.24, 2.45) is 4.99 Å². The highest BCUT2D eigenvalue weighted by Gasteiger charge is 2.35. The van der Waals surface area contributed by atoms with Crippen molar-refractivity contribution in [2.75, 3.05) is 6.61 Å². The second kappa shape index (κ2) is 13.0. The predicted octanol–water partition coefficient (Wildman–Crippen LogP) is 6.81. The van der Waals surface area contributed by atoms with Crippen LogP contribution in [0, 0.1) is 5.82 Å². The summed E-state index contributed by atoms with van der Waals surface area (Å²) < 4.78 is 28.2. The molecule has 2 heterocycles. The Morgan fingerprint density at radius 2 is 1.60 bits per heavy atom. The number of fused-ring (bicyclic) bond motifs is 2. The number of hydrogen-bond donors (Lipinski definition) is 0. The molecule has 6 nitrogen and oxygen atoms in total. The van der Waals surface area contributed by atoms with Crippen LogP contribution in [0.15, 0.2) is 137 Å². The second-order valence-corrected chi connectivity index (χ2v) is 11.9. The molecule has 0 amide bonds. The van der Waals surface area contributed by atoms with Gasteiger partial charge < -0.3 is 9.47 Å². The van der Waals surface area contributed by atoms with Gasteiger partial charge in [-0.05, 0) is 41.5 Å². The molecule has 0 spiro atoms. The number of halogens is 1. The molecule has 5 aromatic carbocycles. The number of esters is 1. The van der Waals surface area contributed by atoms with E-state index in [0.717, 1.165) is 21.9 Å². The summed E-state index contributed by atoms with van der Waals surface area (Å²) in [5, 5.41) is 1.84. The molecule has 0 radical (unpaired) electrons. The smallest absolute Gasteiger partial charge is 0.338 e. The van der Waals surface area contributed by atoms with Crippen LogP contribution in [0.2, 0.25) is 0 Å². The van der Waals surface area contributed by atoms with E-state index in [1.54, 1.807) is 35.8 Å². The summed E-state index contributed by atoms with van der Waals surface area (Å²) in [4.78, 5) is 33.5. The van der Waals surface area contributed by atoms with Crippen molar-refractivity contribution in [3.63, 3.8) is 0 Å². The number of ether oxygens (including phenoxy) is 2. The van der Waals surface area contributed by atoms with Crippen LogP contribution in [0.1, 0.15) is 35.2 Å². The lowest BCUT2D eigenvalue weighted by Crippen LogP contribution is -2.40. The molecule has 1 atom stereocenters. The molecule has 47 heavy (non-hydrogen) atoms. The van der Waals surface area contributed by atoms with Crippen LogP contribution >= 0.6 is 11.3 Å². The SMILES string of the molecule is CCOC(=O)C1=C(c2ccccc2)N=c2s/c(=C\c3c(OCc4ccccc4F)ccc4ccccc34)c(=O)n2[C@H]1c1ccccc1. The Bertz CT molecular complexity index is 2330. The third kappa shape index (κ3) is 5.79. The van der Waals surface area contributed by atoms with Gasteiger partial charge in [-0.15, -0.1) is 0 Å². The molecule has 232 valence electrons. The molecule has 1 aliphatic rings. The average molecular weight is 641 g/mol. The van der Waals surface area contributed by atoms with Gasteiger partial charge in [-0.2, -0.15) is 0 Å². The van der Waals surface area contributed by atoms with E-state index in [0.29, 0.717) is 37.5 Å². The van der Waals surface area contributed by atoms with Gasteiger partial charge in [0.1, 0.15) is 18.2 Å². The van der Waals surface area contributed by atoms with Crippen molar-refractivity contribution in [1.29, 1.82) is 0 Å². The first-order chi connectivity index (χ1) is 23.0. The van der Waals surface area contributed by atoms with Gasteiger partial charge in [0.05, 0.1) is 28.5 Å². The van der Waals surface area contributed by atoms with Crippen molar-refractivity contribution in [2.45, 2.75) is 19.6 Å². The summed E-state index contributed by atoms with van der Waals surface area (Å²) in [5.41, 5.74) is 3.07. The first-order valence-corrected chi connectivity index (χ1v) is 16.1. The third-order valence-electron chi connectivity index (χ3n) is 8.04. The zero-order valence-electron chi connectivity index (χ0n) is 25.4. The van der Waals surface area contributed by atoms with Crippen LogP contribution in [0.4, 0.5) is 4.39 Å². The average Bonchev–Trinajstić information content (AvgIpc) is 3.42. The lowest BCUT2D eigenvalue weighted by molar-refractivity contribution is -0.138. The van der Waals surface area contributed by atoms with Gasteiger partial charge in [0.15, 0.2) is 4.80 Å². The first-order valence-electron chi connectivity index (χ1n) is 15.2. The largest absolute Gasteiger partial charge is 0.488 e. The summed E-state index contributed by atoms with van der Waals surface area (Å²) in [5.74, 6) is -0.374. The van der Waals surface area contributed by atoms with E-state index in [4.69, 9.17) is 14.5 Å². The maximum absolute atomic E-state index is 14.5. The van der Waals surface area contributed by atoms with Crippen LogP contribution in [-0.4, -0.2) is 17.1 Å². The molecule has 0 bridgehead atoms. The normalized spacial score (nSPS) is 14.5. The molecule has 0 N–H and O–H groups in total. The number of rotatable bonds is 8. The number of nitrogens with zero attached hydrogens (tertiary/aromatic N) is 2. The molecule has 0 saturated carbocycles. The highest BCUT2D eigenvalue weighted by molar-refractivity contribution is 7.07. The van der Waals surface area contributed by atoms with Crippen LogP contribution in [0.25, 0.3) is 22.5 Å². The first kappa shape index (κ1) is 30.1. The summed E-state index contributed by atoms with van der Waals surface area (Å²) in [6, 6.07) is 36.2. The van der Waals surface area contributed by atoms with Crippen LogP contribution in [0.3, 0.4) is 0 Å². The molecule has 0 fully saturated rings. The number of carbonyl (C=O) groups is 1. The molecule has 7 rings (SSSR count). The van der Waals surface area contributed by atoms with Crippen LogP contribution < -0.4 is 19.6 Å². The number of thiazole rings is 1. The van der Waals surface area contributed by atoms with E-state index in [2.05, 4.69) is 0 Å². The molecular formula is C39H29FN2O4S. The van der Waals surface area contributed by atoms with E-state index in [1.165, 1.54) is 17.4 Å². The van der Waals surface area contributed by atoms with Crippen molar-refractivity contribution in [1.82, 2.24) is 4.57 Å². The molecule has 1 aliphatic heterocycles. The third-order valence-corrected chi connectivity index (χ3v) is 9.02. The van der Waals surface area contributed by atoms with Crippen LogP contribution in [0.5, 0.6) is 5.75 Å². The van der Waals surface area contributed by atoms with Gasteiger partial charge in [0.25, 0.3) is 5.56 Å². The maximum Gasteiger partial charge on any atom is 0.338 e. The second-order valence-electron chi connectivity index (χ2n) is 10.9. The quantitative estimate of drug-likeness (QED) is 0.172. The standard InChI is InChI=1S/C39H29FN2O4S/c1-2-45-38(44)34-35(26-14-5-3-6-15-26)41-39-42(36(34)27-16-7-4-8-17-27)37(43)33(47-39)23-30-29-19-11-9-13-25(29)21-22-32(30)46-24-28-18-10-12-20-31(28)40/h3-23,36H,2,24H2,1H3/b33-23-/t36-/m0/s1. The zero-order valence-corrected chi connectivity index (χ0v) is 26.2. The van der Waals surface area contributed by atoms with E-state index in [1.807, 2.05) is 97.1 Å². The summed E-state index contributed by atoms with van der Waals surface area (Å²) in [7, 11) is 0. The van der Waals surface area contributed by atoms with Crippen molar-refractivity contribution >= 4 is 39.9 Å². The summed E-state index contributed by atoms with van der Waals surface area (Å²) in [6.45, 7) is 1.95. The monoisotopic (exact) mass is 640 g/mol. The molecule has 1 aromatic heterocycles. The van der Waals surface area contributed by atoms with Crippen molar-refractivity contribution in [3.8, 4) is 5.75 Å². The molecule has 0 aliphatic carbocycles.